The predicted molar refractivity (Wildman–Crippen MR) is 95.9 cm³/mol. The molecule has 3 nitrogen and oxygen atoms in total. The van der Waals surface area contributed by atoms with Gasteiger partial charge in [-0.25, -0.2) is 0 Å². The molecule has 120 valence electrons. The van der Waals surface area contributed by atoms with E-state index in [1.807, 2.05) is 42.5 Å². The highest BCUT2D eigenvalue weighted by Gasteiger charge is 2.18. The third-order valence-corrected chi connectivity index (χ3v) is 4.19. The number of pyridine rings is 1. The van der Waals surface area contributed by atoms with Crippen molar-refractivity contribution < 1.29 is 4.79 Å². The number of aryl methyl sites for hydroxylation is 2. The van der Waals surface area contributed by atoms with Gasteiger partial charge in [0.2, 0.25) is 0 Å². The fourth-order valence-corrected chi connectivity index (χ4v) is 2.65. The fourth-order valence-electron chi connectivity index (χ4n) is 2.65. The van der Waals surface area contributed by atoms with Gasteiger partial charge in [-0.05, 0) is 54.3 Å². The molecule has 1 atom stereocenters. The summed E-state index contributed by atoms with van der Waals surface area (Å²) in [7, 11) is 0. The molecule has 0 fully saturated rings. The van der Waals surface area contributed by atoms with E-state index in [1.165, 1.54) is 11.1 Å². The average molecular weight is 316 g/mol. The monoisotopic (exact) mass is 316 g/mol. The van der Waals surface area contributed by atoms with Gasteiger partial charge in [-0.3, -0.25) is 9.78 Å². The Morgan fingerprint density at radius 1 is 0.917 bits per heavy atom. The number of aromatic nitrogens is 1. The summed E-state index contributed by atoms with van der Waals surface area (Å²) in [6.45, 7) is 4.17. The van der Waals surface area contributed by atoms with Crippen LogP contribution in [0.3, 0.4) is 0 Å². The predicted octanol–water partition coefficient (Wildman–Crippen LogP) is 4.22. The Kier molecular flexibility index (Phi) is 4.71. The first kappa shape index (κ1) is 15.9. The molecule has 1 N–H and O–H groups in total. The van der Waals surface area contributed by atoms with Crippen LogP contribution in [0, 0.1) is 13.8 Å². The zero-order valence-electron chi connectivity index (χ0n) is 13.9. The Morgan fingerprint density at radius 3 is 2.38 bits per heavy atom. The van der Waals surface area contributed by atoms with E-state index < -0.39 is 0 Å². The lowest BCUT2D eigenvalue weighted by Crippen LogP contribution is -2.29. The van der Waals surface area contributed by atoms with E-state index in [4.69, 9.17) is 0 Å². The van der Waals surface area contributed by atoms with Crippen LogP contribution in [0.1, 0.15) is 38.7 Å². The van der Waals surface area contributed by atoms with Gasteiger partial charge in [0.15, 0.2) is 0 Å². The minimum absolute atomic E-state index is 0.0947. The highest BCUT2D eigenvalue weighted by Crippen LogP contribution is 2.24. The maximum atomic E-state index is 12.6. The van der Waals surface area contributed by atoms with Gasteiger partial charge in [-0.1, -0.05) is 42.5 Å². The maximum absolute atomic E-state index is 12.6. The Balaban J connectivity index is 1.96. The second-order valence-corrected chi connectivity index (χ2v) is 5.90. The minimum Gasteiger partial charge on any atom is -0.341 e. The number of amides is 1. The molecule has 0 radical (unpaired) electrons. The van der Waals surface area contributed by atoms with Gasteiger partial charge in [0, 0.05) is 18.0 Å². The Bertz CT molecular complexity index is 829. The minimum atomic E-state index is -0.231. The van der Waals surface area contributed by atoms with E-state index in [2.05, 4.69) is 42.3 Å². The van der Waals surface area contributed by atoms with Gasteiger partial charge >= 0.3 is 0 Å². The molecule has 0 saturated heterocycles. The number of hydrogen-bond acceptors (Lipinski definition) is 2. The Labute approximate surface area is 142 Å². The lowest BCUT2D eigenvalue weighted by Gasteiger charge is -2.20. The van der Waals surface area contributed by atoms with Gasteiger partial charge in [0.05, 0.1) is 6.04 Å². The first-order valence-corrected chi connectivity index (χ1v) is 7.98. The molecule has 3 heteroatoms. The molecule has 24 heavy (non-hydrogen) atoms. The number of nitrogens with zero attached hydrogens (tertiary/aromatic N) is 1. The number of carbonyl (C=O) groups excluding carboxylic acids is 1. The van der Waals surface area contributed by atoms with Crippen molar-refractivity contribution in [3.63, 3.8) is 0 Å². The molecule has 3 rings (SSSR count). The van der Waals surface area contributed by atoms with Gasteiger partial charge in [-0.15, -0.1) is 0 Å². The largest absolute Gasteiger partial charge is 0.341 e. The van der Waals surface area contributed by atoms with Crippen LogP contribution < -0.4 is 5.32 Å². The molecule has 0 saturated carbocycles. The van der Waals surface area contributed by atoms with E-state index in [0.717, 1.165) is 11.1 Å². The van der Waals surface area contributed by atoms with Crippen molar-refractivity contribution in [2.45, 2.75) is 19.9 Å². The molecular weight excluding hydrogens is 296 g/mol. The van der Waals surface area contributed by atoms with Gasteiger partial charge in [0.25, 0.3) is 5.91 Å². The Hall–Kier alpha value is -2.94. The van der Waals surface area contributed by atoms with Gasteiger partial charge < -0.3 is 5.32 Å². The fraction of sp³-hybridized carbons (Fsp3) is 0.143. The molecule has 1 aromatic heterocycles. The van der Waals surface area contributed by atoms with Crippen LogP contribution in [0.25, 0.3) is 0 Å². The van der Waals surface area contributed by atoms with Crippen LogP contribution in [0.15, 0.2) is 73.1 Å². The van der Waals surface area contributed by atoms with Crippen molar-refractivity contribution in [2.24, 2.45) is 0 Å². The molecule has 0 aliphatic rings. The summed E-state index contributed by atoms with van der Waals surface area (Å²) in [5.41, 5.74) is 5.10. The molecule has 0 bridgehead atoms. The van der Waals surface area contributed by atoms with Crippen LogP contribution in [0.4, 0.5) is 0 Å². The van der Waals surface area contributed by atoms with E-state index in [1.54, 1.807) is 12.4 Å². The smallest absolute Gasteiger partial charge is 0.252 e. The van der Waals surface area contributed by atoms with Crippen LogP contribution in [-0.2, 0) is 0 Å². The molecule has 0 aliphatic heterocycles. The zero-order valence-corrected chi connectivity index (χ0v) is 13.9. The third-order valence-electron chi connectivity index (χ3n) is 4.19. The summed E-state index contributed by atoms with van der Waals surface area (Å²) >= 11 is 0. The van der Waals surface area contributed by atoms with Crippen LogP contribution in [-0.4, -0.2) is 10.9 Å². The van der Waals surface area contributed by atoms with Crippen molar-refractivity contribution in [3.8, 4) is 0 Å². The first-order chi connectivity index (χ1) is 11.6. The third kappa shape index (κ3) is 3.51. The molecular formula is C21H20N2O. The quantitative estimate of drug-likeness (QED) is 0.783. The second kappa shape index (κ2) is 7.09. The summed E-state index contributed by atoms with van der Waals surface area (Å²) in [5.74, 6) is -0.0947. The van der Waals surface area contributed by atoms with Gasteiger partial charge in [0.1, 0.15) is 0 Å². The second-order valence-electron chi connectivity index (χ2n) is 5.90. The molecule has 1 heterocycles. The number of rotatable bonds is 4. The number of benzene rings is 2. The molecule has 0 spiro atoms. The summed E-state index contributed by atoms with van der Waals surface area (Å²) in [5, 5.41) is 3.13. The topological polar surface area (TPSA) is 42.0 Å². The zero-order chi connectivity index (χ0) is 16.9. The summed E-state index contributed by atoms with van der Waals surface area (Å²) < 4.78 is 0. The molecule has 0 unspecified atom stereocenters. The lowest BCUT2D eigenvalue weighted by molar-refractivity contribution is 0.0943. The Morgan fingerprint density at radius 2 is 1.71 bits per heavy atom. The summed E-state index contributed by atoms with van der Waals surface area (Å²) in [4.78, 5) is 16.8. The van der Waals surface area contributed by atoms with Gasteiger partial charge in [-0.2, -0.15) is 0 Å². The highest BCUT2D eigenvalue weighted by atomic mass is 16.1. The summed E-state index contributed by atoms with van der Waals surface area (Å²) in [6, 6.07) is 19.2. The maximum Gasteiger partial charge on any atom is 0.252 e. The SMILES string of the molecule is Cc1ccc([C@@H](NC(=O)c2ccccc2)c2cccnc2)cc1C. The summed E-state index contributed by atoms with van der Waals surface area (Å²) in [6.07, 6.45) is 3.53. The number of nitrogens with one attached hydrogen (secondary N) is 1. The van der Waals surface area contributed by atoms with Crippen molar-refractivity contribution in [1.29, 1.82) is 0 Å². The number of carbonyl (C=O) groups is 1. The van der Waals surface area contributed by atoms with Crippen molar-refractivity contribution >= 4 is 5.91 Å². The van der Waals surface area contributed by atoms with Crippen molar-refractivity contribution in [1.82, 2.24) is 10.3 Å². The van der Waals surface area contributed by atoms with Crippen molar-refractivity contribution in [2.75, 3.05) is 0 Å². The lowest BCUT2D eigenvalue weighted by atomic mass is 9.96. The van der Waals surface area contributed by atoms with E-state index in [9.17, 15) is 4.79 Å². The van der Waals surface area contributed by atoms with Crippen molar-refractivity contribution in [3.05, 3.63) is 101 Å². The normalized spacial score (nSPS) is 11.8. The highest BCUT2D eigenvalue weighted by molar-refractivity contribution is 5.94. The van der Waals surface area contributed by atoms with E-state index in [-0.39, 0.29) is 11.9 Å². The molecule has 1 amide bonds. The molecule has 0 aliphatic carbocycles. The van der Waals surface area contributed by atoms with Crippen LogP contribution >= 0.6 is 0 Å². The standard InChI is InChI=1S/C21H20N2O/c1-15-10-11-18(13-16(15)2)20(19-9-6-12-22-14-19)23-21(24)17-7-4-3-5-8-17/h3-14,20H,1-2H3,(H,23,24)/t20-/m1/s1. The average Bonchev–Trinajstić information content (AvgIpc) is 2.63. The van der Waals surface area contributed by atoms with E-state index >= 15 is 0 Å². The molecule has 3 aromatic rings. The molecule has 2 aromatic carbocycles. The number of hydrogen-bond donors (Lipinski definition) is 1. The van der Waals surface area contributed by atoms with E-state index in [0.29, 0.717) is 5.56 Å². The van der Waals surface area contributed by atoms with Crippen LogP contribution in [0.2, 0.25) is 0 Å². The van der Waals surface area contributed by atoms with Crippen LogP contribution in [0.5, 0.6) is 0 Å². The first-order valence-electron chi connectivity index (χ1n) is 7.98.